The fourth-order valence-electron chi connectivity index (χ4n) is 1.43. The fraction of sp³-hybridized carbons (Fsp3) is 1.00. The topological polar surface area (TPSA) is 23.5 Å². The fourth-order valence-corrected chi connectivity index (χ4v) is 1.43. The molecule has 80 valence electrons. The summed E-state index contributed by atoms with van der Waals surface area (Å²) in [5.74, 6) is 0. The highest BCUT2D eigenvalue weighted by Gasteiger charge is 2.06. The Balaban J connectivity index is 3.60. The van der Waals surface area contributed by atoms with E-state index in [0.29, 0.717) is 0 Å². The highest BCUT2D eigenvalue weighted by Crippen LogP contribution is 2.00. The van der Waals surface area contributed by atoms with Gasteiger partial charge in [-0.15, -0.1) is 0 Å². The zero-order valence-corrected chi connectivity index (χ0v) is 9.42. The number of hydrogen-bond donors (Lipinski definition) is 1. The van der Waals surface area contributed by atoms with Crippen LogP contribution in [0.25, 0.3) is 0 Å². The summed E-state index contributed by atoms with van der Waals surface area (Å²) in [6.07, 6.45) is 4.78. The minimum absolute atomic E-state index is 0.186. The maximum absolute atomic E-state index is 9.28. The van der Waals surface area contributed by atoms with Crippen molar-refractivity contribution in [2.75, 3.05) is 19.6 Å². The van der Waals surface area contributed by atoms with Gasteiger partial charge in [0.25, 0.3) is 0 Å². The van der Waals surface area contributed by atoms with E-state index in [1.165, 1.54) is 25.7 Å². The summed E-state index contributed by atoms with van der Waals surface area (Å²) in [4.78, 5) is 2.37. The standard InChI is InChI=1S/C11H25NO/c1-4-6-8-12(9-7-5-2)10-11(3)13/h11,13H,4-10H2,1-3H3/t11-/m0/s1. The Morgan fingerprint density at radius 1 is 1.08 bits per heavy atom. The molecule has 13 heavy (non-hydrogen) atoms. The van der Waals surface area contributed by atoms with Crippen LogP contribution < -0.4 is 0 Å². The summed E-state index contributed by atoms with van der Waals surface area (Å²) in [5, 5.41) is 9.28. The molecule has 0 spiro atoms. The van der Waals surface area contributed by atoms with E-state index in [2.05, 4.69) is 18.7 Å². The molecule has 0 amide bonds. The molecule has 1 atom stereocenters. The van der Waals surface area contributed by atoms with Crippen molar-refractivity contribution in [2.45, 2.75) is 52.6 Å². The van der Waals surface area contributed by atoms with Crippen molar-refractivity contribution in [2.24, 2.45) is 0 Å². The van der Waals surface area contributed by atoms with Crippen LogP contribution in [0.5, 0.6) is 0 Å². The highest BCUT2D eigenvalue weighted by atomic mass is 16.3. The molecule has 0 bridgehead atoms. The van der Waals surface area contributed by atoms with Crippen molar-refractivity contribution in [1.82, 2.24) is 4.90 Å². The second-order valence-electron chi connectivity index (χ2n) is 3.86. The Morgan fingerprint density at radius 3 is 1.85 bits per heavy atom. The van der Waals surface area contributed by atoms with Crippen molar-refractivity contribution in [3.63, 3.8) is 0 Å². The molecule has 2 heteroatoms. The van der Waals surface area contributed by atoms with E-state index in [1.54, 1.807) is 0 Å². The van der Waals surface area contributed by atoms with Crippen LogP contribution in [0.15, 0.2) is 0 Å². The maximum Gasteiger partial charge on any atom is 0.0639 e. The first kappa shape index (κ1) is 12.9. The van der Waals surface area contributed by atoms with Crippen LogP contribution in [-0.4, -0.2) is 35.7 Å². The van der Waals surface area contributed by atoms with E-state index in [1.807, 2.05) is 6.92 Å². The molecule has 0 unspecified atom stereocenters. The second-order valence-corrected chi connectivity index (χ2v) is 3.86. The van der Waals surface area contributed by atoms with Gasteiger partial charge < -0.3 is 10.0 Å². The largest absolute Gasteiger partial charge is 0.392 e. The average Bonchev–Trinajstić information content (AvgIpc) is 2.09. The first-order valence-electron chi connectivity index (χ1n) is 5.61. The van der Waals surface area contributed by atoms with Gasteiger partial charge in [-0.2, -0.15) is 0 Å². The number of rotatable bonds is 8. The van der Waals surface area contributed by atoms with Crippen LogP contribution in [0, 0.1) is 0 Å². The molecule has 0 aromatic rings. The van der Waals surface area contributed by atoms with Crippen LogP contribution >= 0.6 is 0 Å². The van der Waals surface area contributed by atoms with Crippen molar-refractivity contribution in [1.29, 1.82) is 0 Å². The zero-order chi connectivity index (χ0) is 10.1. The molecular weight excluding hydrogens is 162 g/mol. The van der Waals surface area contributed by atoms with E-state index in [0.717, 1.165) is 19.6 Å². The smallest absolute Gasteiger partial charge is 0.0639 e. The SMILES string of the molecule is CCCCN(CCCC)C[C@H](C)O. The predicted octanol–water partition coefficient (Wildman–Crippen LogP) is 2.27. The van der Waals surface area contributed by atoms with Crippen LogP contribution in [0.3, 0.4) is 0 Å². The normalized spacial score (nSPS) is 13.6. The molecule has 0 rings (SSSR count). The Bertz CT molecular complexity index is 96.3. The molecule has 0 aliphatic carbocycles. The molecule has 0 aliphatic heterocycles. The van der Waals surface area contributed by atoms with Crippen molar-refractivity contribution < 1.29 is 5.11 Å². The lowest BCUT2D eigenvalue weighted by Crippen LogP contribution is -2.32. The summed E-state index contributed by atoms with van der Waals surface area (Å²) in [6, 6.07) is 0. The summed E-state index contributed by atoms with van der Waals surface area (Å²) in [6.45, 7) is 9.40. The van der Waals surface area contributed by atoms with Crippen LogP contribution in [0.1, 0.15) is 46.5 Å². The Morgan fingerprint density at radius 2 is 1.54 bits per heavy atom. The Hall–Kier alpha value is -0.0800. The maximum atomic E-state index is 9.28. The van der Waals surface area contributed by atoms with Gasteiger partial charge in [0, 0.05) is 6.54 Å². The van der Waals surface area contributed by atoms with E-state index in [-0.39, 0.29) is 6.10 Å². The Labute approximate surface area is 82.9 Å². The average molecular weight is 187 g/mol. The molecule has 0 aliphatic rings. The highest BCUT2D eigenvalue weighted by molar-refractivity contribution is 4.61. The number of nitrogens with zero attached hydrogens (tertiary/aromatic N) is 1. The molecule has 0 saturated carbocycles. The number of hydrogen-bond acceptors (Lipinski definition) is 2. The van der Waals surface area contributed by atoms with Crippen molar-refractivity contribution in [3.8, 4) is 0 Å². The summed E-state index contributed by atoms with van der Waals surface area (Å²) in [7, 11) is 0. The molecule has 0 fully saturated rings. The predicted molar refractivity (Wildman–Crippen MR) is 57.9 cm³/mol. The van der Waals surface area contributed by atoms with E-state index in [4.69, 9.17) is 0 Å². The van der Waals surface area contributed by atoms with Gasteiger partial charge in [-0.1, -0.05) is 26.7 Å². The van der Waals surface area contributed by atoms with Gasteiger partial charge in [-0.3, -0.25) is 0 Å². The minimum atomic E-state index is -0.186. The monoisotopic (exact) mass is 187 g/mol. The van der Waals surface area contributed by atoms with Gasteiger partial charge in [0.05, 0.1) is 6.10 Å². The minimum Gasteiger partial charge on any atom is -0.392 e. The number of aliphatic hydroxyl groups excluding tert-OH is 1. The molecule has 2 nitrogen and oxygen atoms in total. The molecule has 0 radical (unpaired) electrons. The number of unbranched alkanes of at least 4 members (excludes halogenated alkanes) is 2. The lowest BCUT2D eigenvalue weighted by molar-refractivity contribution is 0.124. The van der Waals surface area contributed by atoms with Gasteiger partial charge in [0.2, 0.25) is 0 Å². The quantitative estimate of drug-likeness (QED) is 0.630. The first-order valence-corrected chi connectivity index (χ1v) is 5.61. The number of aliphatic hydroxyl groups is 1. The third kappa shape index (κ3) is 8.26. The zero-order valence-electron chi connectivity index (χ0n) is 9.42. The second kappa shape index (κ2) is 8.52. The summed E-state index contributed by atoms with van der Waals surface area (Å²) < 4.78 is 0. The summed E-state index contributed by atoms with van der Waals surface area (Å²) in [5.41, 5.74) is 0. The van der Waals surface area contributed by atoms with Gasteiger partial charge in [-0.05, 0) is 32.9 Å². The molecule has 1 N–H and O–H groups in total. The lowest BCUT2D eigenvalue weighted by Gasteiger charge is -2.23. The van der Waals surface area contributed by atoms with E-state index < -0.39 is 0 Å². The summed E-state index contributed by atoms with van der Waals surface area (Å²) >= 11 is 0. The van der Waals surface area contributed by atoms with Crippen molar-refractivity contribution >= 4 is 0 Å². The van der Waals surface area contributed by atoms with Gasteiger partial charge >= 0.3 is 0 Å². The van der Waals surface area contributed by atoms with Crippen molar-refractivity contribution in [3.05, 3.63) is 0 Å². The molecule has 0 aromatic carbocycles. The van der Waals surface area contributed by atoms with Crippen LogP contribution in [0.2, 0.25) is 0 Å². The van der Waals surface area contributed by atoms with Crippen LogP contribution in [0.4, 0.5) is 0 Å². The third-order valence-corrected chi connectivity index (χ3v) is 2.18. The van der Waals surface area contributed by atoms with Crippen LogP contribution in [-0.2, 0) is 0 Å². The van der Waals surface area contributed by atoms with Gasteiger partial charge in [-0.25, -0.2) is 0 Å². The Kier molecular flexibility index (Phi) is 8.46. The lowest BCUT2D eigenvalue weighted by atomic mass is 10.2. The molecule has 0 heterocycles. The van der Waals surface area contributed by atoms with Gasteiger partial charge in [0.15, 0.2) is 0 Å². The first-order chi connectivity index (χ1) is 6.20. The molecule has 0 saturated heterocycles. The molecular formula is C11H25NO. The third-order valence-electron chi connectivity index (χ3n) is 2.18. The van der Waals surface area contributed by atoms with E-state index in [9.17, 15) is 5.11 Å². The van der Waals surface area contributed by atoms with Gasteiger partial charge in [0.1, 0.15) is 0 Å². The molecule has 0 aromatic heterocycles. The van der Waals surface area contributed by atoms with E-state index >= 15 is 0 Å².